The molecule has 0 spiro atoms. The van der Waals surface area contributed by atoms with E-state index in [4.69, 9.17) is 28.9 Å². The molecular weight excluding hydrogens is 829 g/mol. The number of hydrogen-bond acceptors (Lipinski definition) is 11. The van der Waals surface area contributed by atoms with E-state index in [0.717, 1.165) is 74.8 Å². The number of rotatable bonds is 16. The zero-order valence-corrected chi connectivity index (χ0v) is 39.4. The molecular formula is C49H66N8O8. The molecule has 0 saturated carbocycles. The molecule has 2 aliphatic heterocycles. The topological polar surface area (TPSA) is 196 Å². The number of aromatic nitrogens is 4. The molecule has 0 bridgehead atoms. The van der Waals surface area contributed by atoms with E-state index in [0.29, 0.717) is 38.0 Å². The Morgan fingerprint density at radius 2 is 1.62 bits per heavy atom. The SMILES string of the molecule is CC[C@H](C)N(C(=O)[C@@H](NC(=O)OC)C(C)C)[C@@H](C)c1ncc(-c2ccc3c(c2)COc2cc4c(ccc5[nH]c([C@H](C)N(CC(C)C)C(O)[C@@H](NC(=O)OC)C6CCOCC6)nc54)cc2-3)[nH]1. The molecule has 1 unspecified atom stereocenters. The van der Waals surface area contributed by atoms with Gasteiger partial charge in [0.05, 0.1) is 55.3 Å². The van der Waals surface area contributed by atoms with Gasteiger partial charge in [-0.3, -0.25) is 9.69 Å². The standard InChI is InChI=1S/C49H66N8O8/c1-11-28(6)57(47(59)41(27(4)5)54-48(60)62-9)30(8)44-50-23-39(52-44)33-12-14-35-34(20-33)25-65-40-22-36-32(21-37(35)40)13-15-38-43(36)53-45(51-38)29(7)56(24-26(2)3)46(58)42(55-49(61)63-10)31-16-18-64-19-17-31/h12-15,20-23,26-31,41-42,46,58H,11,16-19,24-25H2,1-10H3,(H,50,52)(H,51,53)(H,54,60)(H,55,61)/t28-,29-,30-,41-,42-,46?/m0/s1. The van der Waals surface area contributed by atoms with Crippen LogP contribution in [0, 0.1) is 17.8 Å². The number of amides is 3. The predicted octanol–water partition coefficient (Wildman–Crippen LogP) is 8.22. The highest BCUT2D eigenvalue weighted by atomic mass is 16.5. The summed E-state index contributed by atoms with van der Waals surface area (Å²) in [6.45, 7) is 18.1. The number of aliphatic hydroxyl groups excluding tert-OH is 1. The number of benzene rings is 3. The van der Waals surface area contributed by atoms with Crippen LogP contribution >= 0.6 is 0 Å². The molecule has 0 radical (unpaired) electrons. The summed E-state index contributed by atoms with van der Waals surface area (Å²) in [6.07, 6.45) is 1.72. The van der Waals surface area contributed by atoms with Crippen molar-refractivity contribution in [2.75, 3.05) is 34.0 Å². The van der Waals surface area contributed by atoms with Gasteiger partial charge in [-0.25, -0.2) is 19.6 Å². The second-order valence-electron chi connectivity index (χ2n) is 18.3. The van der Waals surface area contributed by atoms with Gasteiger partial charge in [0.2, 0.25) is 5.91 Å². The minimum absolute atomic E-state index is 0.0154. The molecule has 3 aromatic carbocycles. The fourth-order valence-corrected chi connectivity index (χ4v) is 9.33. The average molecular weight is 895 g/mol. The minimum atomic E-state index is -1.00. The van der Waals surface area contributed by atoms with Crippen molar-refractivity contribution in [3.8, 4) is 28.1 Å². The molecule has 2 aromatic heterocycles. The molecule has 1 fully saturated rings. The van der Waals surface area contributed by atoms with Crippen LogP contribution in [0.15, 0.2) is 48.7 Å². The van der Waals surface area contributed by atoms with E-state index < -0.39 is 36.5 Å². The lowest BCUT2D eigenvalue weighted by atomic mass is 9.89. The third kappa shape index (κ3) is 9.94. The van der Waals surface area contributed by atoms with Gasteiger partial charge in [0.1, 0.15) is 36.3 Å². The molecule has 4 heterocycles. The van der Waals surface area contributed by atoms with Gasteiger partial charge in [-0.1, -0.05) is 52.8 Å². The average Bonchev–Trinajstić information content (AvgIpc) is 3.99. The molecule has 16 heteroatoms. The van der Waals surface area contributed by atoms with Gasteiger partial charge in [0.15, 0.2) is 0 Å². The van der Waals surface area contributed by atoms with Gasteiger partial charge in [-0.05, 0) is 104 Å². The number of imidazole rings is 2. The lowest BCUT2D eigenvalue weighted by molar-refractivity contribution is -0.139. The molecule has 3 amide bonds. The van der Waals surface area contributed by atoms with Crippen molar-refractivity contribution in [1.29, 1.82) is 0 Å². The molecule has 0 aliphatic carbocycles. The Morgan fingerprint density at radius 1 is 0.892 bits per heavy atom. The fraction of sp³-hybridized carbons (Fsp3) is 0.531. The summed E-state index contributed by atoms with van der Waals surface area (Å²) in [5.41, 5.74) is 6.52. The predicted molar refractivity (Wildman–Crippen MR) is 249 cm³/mol. The maximum atomic E-state index is 14.0. The van der Waals surface area contributed by atoms with Crippen LogP contribution < -0.4 is 15.4 Å². The van der Waals surface area contributed by atoms with Crippen molar-refractivity contribution in [2.24, 2.45) is 17.8 Å². The number of H-pyrrole nitrogens is 2. The normalized spacial score (nSPS) is 16.9. The highest BCUT2D eigenvalue weighted by molar-refractivity contribution is 6.07. The number of methoxy groups -OCH3 is 2. The first-order valence-corrected chi connectivity index (χ1v) is 22.9. The lowest BCUT2D eigenvalue weighted by Gasteiger charge is -2.41. The summed E-state index contributed by atoms with van der Waals surface area (Å²) in [4.78, 5) is 59.5. The number of nitrogens with zero attached hydrogens (tertiary/aromatic N) is 4. The van der Waals surface area contributed by atoms with Crippen LogP contribution in [-0.4, -0.2) is 111 Å². The van der Waals surface area contributed by atoms with E-state index in [2.05, 4.69) is 70.8 Å². The quantitative estimate of drug-likeness (QED) is 0.0599. The first kappa shape index (κ1) is 47.3. The van der Waals surface area contributed by atoms with E-state index >= 15 is 0 Å². The van der Waals surface area contributed by atoms with Crippen molar-refractivity contribution in [1.82, 2.24) is 40.4 Å². The number of aliphatic hydroxyl groups is 1. The smallest absolute Gasteiger partial charge is 0.407 e. The molecule has 65 heavy (non-hydrogen) atoms. The van der Waals surface area contributed by atoms with Gasteiger partial charge in [0.25, 0.3) is 0 Å². The molecule has 7 rings (SSSR count). The van der Waals surface area contributed by atoms with Crippen LogP contribution in [0.25, 0.3) is 44.2 Å². The maximum Gasteiger partial charge on any atom is 0.407 e. The molecule has 1 saturated heterocycles. The van der Waals surface area contributed by atoms with Crippen molar-refractivity contribution in [3.05, 3.63) is 65.9 Å². The summed E-state index contributed by atoms with van der Waals surface area (Å²) < 4.78 is 21.9. The van der Waals surface area contributed by atoms with Crippen molar-refractivity contribution >= 4 is 39.9 Å². The van der Waals surface area contributed by atoms with Crippen LogP contribution in [0.2, 0.25) is 0 Å². The highest BCUT2D eigenvalue weighted by Crippen LogP contribution is 2.43. The van der Waals surface area contributed by atoms with Crippen molar-refractivity contribution in [3.63, 3.8) is 0 Å². The maximum absolute atomic E-state index is 14.0. The van der Waals surface area contributed by atoms with Crippen LogP contribution in [-0.2, 0) is 25.6 Å². The van der Waals surface area contributed by atoms with Gasteiger partial charge < -0.3 is 49.6 Å². The largest absolute Gasteiger partial charge is 0.488 e. The first-order chi connectivity index (χ1) is 31.1. The van der Waals surface area contributed by atoms with Crippen molar-refractivity contribution < 1.29 is 38.4 Å². The Kier molecular flexibility index (Phi) is 14.7. The molecule has 6 atom stereocenters. The van der Waals surface area contributed by atoms with E-state index in [-0.39, 0.29) is 35.7 Å². The molecule has 2 aliphatic rings. The lowest BCUT2D eigenvalue weighted by Crippen LogP contribution is -2.57. The Bertz CT molecular complexity index is 2480. The number of aromatic amines is 2. The van der Waals surface area contributed by atoms with Gasteiger partial charge in [-0.2, -0.15) is 0 Å². The number of carbonyl (C=O) groups excluding carboxylic acids is 3. The number of hydrogen-bond donors (Lipinski definition) is 5. The van der Waals surface area contributed by atoms with Gasteiger partial charge in [-0.15, -0.1) is 0 Å². The summed E-state index contributed by atoms with van der Waals surface area (Å²) in [5, 5.41) is 19.7. The van der Waals surface area contributed by atoms with Crippen LogP contribution in [0.1, 0.15) is 104 Å². The molecule has 5 N–H and O–H groups in total. The van der Waals surface area contributed by atoms with Crippen LogP contribution in [0.4, 0.5) is 9.59 Å². The Balaban J connectivity index is 1.14. The summed E-state index contributed by atoms with van der Waals surface area (Å²) in [7, 11) is 2.62. The highest BCUT2D eigenvalue weighted by Gasteiger charge is 2.39. The molecule has 16 nitrogen and oxygen atoms in total. The Labute approximate surface area is 381 Å². The van der Waals surface area contributed by atoms with Crippen LogP contribution in [0.3, 0.4) is 0 Å². The second kappa shape index (κ2) is 20.2. The fourth-order valence-electron chi connectivity index (χ4n) is 9.33. The van der Waals surface area contributed by atoms with Gasteiger partial charge in [0, 0.05) is 36.8 Å². The monoisotopic (exact) mass is 895 g/mol. The number of fused-ring (bicyclic) bond motifs is 6. The van der Waals surface area contributed by atoms with Crippen molar-refractivity contribution in [2.45, 2.75) is 118 Å². The Morgan fingerprint density at radius 3 is 2.29 bits per heavy atom. The summed E-state index contributed by atoms with van der Waals surface area (Å²) >= 11 is 0. The summed E-state index contributed by atoms with van der Waals surface area (Å²) in [6, 6.07) is 12.5. The van der Waals surface area contributed by atoms with E-state index in [1.807, 2.05) is 52.5 Å². The third-order valence-electron chi connectivity index (χ3n) is 13.2. The van der Waals surface area contributed by atoms with E-state index in [1.165, 1.54) is 14.2 Å². The number of carbonyl (C=O) groups is 3. The first-order valence-electron chi connectivity index (χ1n) is 22.9. The number of ether oxygens (including phenoxy) is 4. The minimum Gasteiger partial charge on any atom is -0.488 e. The molecule has 5 aromatic rings. The van der Waals surface area contributed by atoms with E-state index in [9.17, 15) is 19.5 Å². The number of alkyl carbamates (subject to hydrolysis) is 2. The molecule has 350 valence electrons. The van der Waals surface area contributed by atoms with Gasteiger partial charge >= 0.3 is 12.2 Å². The second-order valence-corrected chi connectivity index (χ2v) is 18.3. The zero-order chi connectivity index (χ0) is 46.7. The van der Waals surface area contributed by atoms with Crippen LogP contribution in [0.5, 0.6) is 5.75 Å². The summed E-state index contributed by atoms with van der Waals surface area (Å²) in [5.74, 6) is 2.00. The number of nitrogens with one attached hydrogen (secondary N) is 4. The van der Waals surface area contributed by atoms with E-state index in [1.54, 1.807) is 11.1 Å². The third-order valence-corrected chi connectivity index (χ3v) is 13.2. The Hall–Kier alpha value is -5.71. The zero-order valence-electron chi connectivity index (χ0n) is 39.4.